The molecule has 5 heteroatoms. The molecule has 0 spiro atoms. The quantitative estimate of drug-likeness (QED) is 0.347. The molecule has 128 valence electrons. The van der Waals surface area contributed by atoms with Gasteiger partial charge in [0.25, 0.3) is 0 Å². The molecule has 0 aliphatic carbocycles. The predicted octanol–water partition coefficient (Wildman–Crippen LogP) is 5.07. The van der Waals surface area contributed by atoms with E-state index in [1.165, 1.54) is 0 Å². The summed E-state index contributed by atoms with van der Waals surface area (Å²) in [7, 11) is 0. The van der Waals surface area contributed by atoms with Crippen LogP contribution in [0.15, 0.2) is 0 Å². The fourth-order valence-corrected chi connectivity index (χ4v) is 5.30. The Bertz CT molecular complexity index is 214. The van der Waals surface area contributed by atoms with Crippen LogP contribution in [0.2, 0.25) is 0 Å². The van der Waals surface area contributed by atoms with Crippen LogP contribution < -0.4 is 0 Å². The average molecular weight is 340 g/mol. The Kier molecular flexibility index (Phi) is 12.4. The summed E-state index contributed by atoms with van der Waals surface area (Å²) in [4.78, 5) is 0. The Morgan fingerprint density at radius 2 is 1.00 bits per heavy atom. The van der Waals surface area contributed by atoms with E-state index >= 15 is 0 Å². The van der Waals surface area contributed by atoms with Crippen LogP contribution in [-0.2, 0) is 31.4 Å². The Morgan fingerprint density at radius 3 is 1.24 bits per heavy atom. The van der Waals surface area contributed by atoms with Crippen molar-refractivity contribution in [3.05, 3.63) is 0 Å². The van der Waals surface area contributed by atoms with Crippen molar-refractivity contribution in [2.45, 2.75) is 85.7 Å². The van der Waals surface area contributed by atoms with Crippen molar-refractivity contribution < 1.29 is 31.4 Å². The van der Waals surface area contributed by atoms with Gasteiger partial charge < -0.3 is 0 Å². The van der Waals surface area contributed by atoms with E-state index in [0.717, 1.165) is 38.5 Å². The third-order valence-corrected chi connectivity index (χ3v) is 6.72. The third kappa shape index (κ3) is 11.7. The second kappa shape index (κ2) is 12.0. The Balaban J connectivity index is 4.78. The Morgan fingerprint density at radius 1 is 0.667 bits per heavy atom. The molecule has 0 saturated heterocycles. The van der Waals surface area contributed by atoms with E-state index in [-0.39, 0.29) is 5.60 Å². The van der Waals surface area contributed by atoms with Gasteiger partial charge in [-0.05, 0) is 0 Å². The number of unbranched alkanes of at least 4 members (excludes halogenated alkanes) is 3. The minimum atomic E-state index is -3.63. The zero-order chi connectivity index (χ0) is 16.2. The molecule has 0 N–H and O–H groups in total. The fraction of sp³-hybridized carbons (Fsp3) is 1.00. The predicted molar refractivity (Wildman–Crippen MR) is 83.4 cm³/mol. The first-order valence-electron chi connectivity index (χ1n) is 8.51. The molecule has 0 aliphatic rings. The molecule has 21 heavy (non-hydrogen) atoms. The molecule has 0 saturated carbocycles. The molecular formula is C16H36O4Ti. The van der Waals surface area contributed by atoms with E-state index in [1.807, 2.05) is 20.8 Å². The van der Waals surface area contributed by atoms with Crippen LogP contribution in [0.4, 0.5) is 0 Å². The molecule has 0 fully saturated rings. The van der Waals surface area contributed by atoms with E-state index in [9.17, 15) is 0 Å². The fourth-order valence-electron chi connectivity index (χ4n) is 1.61. The van der Waals surface area contributed by atoms with Crippen LogP contribution in [0.1, 0.15) is 80.1 Å². The molecule has 0 radical (unpaired) electrons. The van der Waals surface area contributed by atoms with E-state index in [4.69, 9.17) is 13.3 Å². The monoisotopic (exact) mass is 340 g/mol. The maximum absolute atomic E-state index is 6.19. The normalized spacial score (nSPS) is 12.9. The average Bonchev–Trinajstić information content (AvgIpc) is 2.38. The van der Waals surface area contributed by atoms with Crippen molar-refractivity contribution >= 4 is 0 Å². The molecule has 0 rings (SSSR count). The zero-order valence-corrected chi connectivity index (χ0v) is 16.6. The van der Waals surface area contributed by atoms with Crippen LogP contribution in [0.3, 0.4) is 0 Å². The number of rotatable bonds is 13. The van der Waals surface area contributed by atoms with Gasteiger partial charge in [0.15, 0.2) is 0 Å². The van der Waals surface area contributed by atoms with Crippen LogP contribution >= 0.6 is 0 Å². The van der Waals surface area contributed by atoms with Gasteiger partial charge in [-0.25, -0.2) is 0 Å². The summed E-state index contributed by atoms with van der Waals surface area (Å²) < 4.78 is 24.4. The topological polar surface area (TPSA) is 36.9 Å². The standard InChI is InChI=1S/4C4H9O.Ti/c1-4(2,3)5;3*1-2-3-4-5;/h1-3H3;3*2-4H2,1H3;/q4*-1;+4. The van der Waals surface area contributed by atoms with Crippen molar-refractivity contribution in [1.82, 2.24) is 0 Å². The maximum atomic E-state index is 6.19. The molecule has 0 aliphatic heterocycles. The van der Waals surface area contributed by atoms with Crippen LogP contribution in [-0.4, -0.2) is 25.4 Å². The van der Waals surface area contributed by atoms with Crippen LogP contribution in [0.25, 0.3) is 0 Å². The van der Waals surface area contributed by atoms with Gasteiger partial charge in [0.05, 0.1) is 0 Å². The van der Waals surface area contributed by atoms with E-state index < -0.39 is 18.1 Å². The van der Waals surface area contributed by atoms with E-state index in [1.54, 1.807) is 0 Å². The molecule has 0 aromatic rings. The van der Waals surface area contributed by atoms with Gasteiger partial charge in [-0.1, -0.05) is 0 Å². The molecule has 0 aromatic carbocycles. The summed E-state index contributed by atoms with van der Waals surface area (Å²) in [6.45, 7) is 14.5. The van der Waals surface area contributed by atoms with Gasteiger partial charge in [0.2, 0.25) is 0 Å². The number of hydrogen-bond donors (Lipinski definition) is 0. The van der Waals surface area contributed by atoms with Gasteiger partial charge in [-0.15, -0.1) is 0 Å². The summed E-state index contributed by atoms with van der Waals surface area (Å²) in [5.74, 6) is 0. The Hall–Kier alpha value is 0.554. The molecule has 0 amide bonds. The van der Waals surface area contributed by atoms with Crippen molar-refractivity contribution in [3.63, 3.8) is 0 Å². The number of hydrogen-bond acceptors (Lipinski definition) is 4. The SMILES string of the molecule is CCCC[O][Ti]([O]CCCC)([O]CCCC)[O]C(C)(C)C. The molecule has 4 nitrogen and oxygen atoms in total. The van der Waals surface area contributed by atoms with Crippen molar-refractivity contribution in [2.24, 2.45) is 0 Å². The van der Waals surface area contributed by atoms with Gasteiger partial charge >= 0.3 is 137 Å². The van der Waals surface area contributed by atoms with Gasteiger partial charge in [0, 0.05) is 0 Å². The second-order valence-electron chi connectivity index (χ2n) is 6.32. The summed E-state index contributed by atoms with van der Waals surface area (Å²) in [5.41, 5.74) is -0.315. The summed E-state index contributed by atoms with van der Waals surface area (Å²) in [5, 5.41) is 0. The van der Waals surface area contributed by atoms with Gasteiger partial charge in [-0.2, -0.15) is 0 Å². The van der Waals surface area contributed by atoms with Gasteiger partial charge in [0.1, 0.15) is 0 Å². The molecule has 0 bridgehead atoms. The summed E-state index contributed by atoms with van der Waals surface area (Å²) in [6, 6.07) is 0. The first-order chi connectivity index (χ1) is 9.89. The van der Waals surface area contributed by atoms with Crippen molar-refractivity contribution in [1.29, 1.82) is 0 Å². The van der Waals surface area contributed by atoms with E-state index in [0.29, 0.717) is 19.8 Å². The van der Waals surface area contributed by atoms with E-state index in [2.05, 4.69) is 20.8 Å². The zero-order valence-electron chi connectivity index (χ0n) is 15.0. The molecular weight excluding hydrogens is 304 g/mol. The Labute approximate surface area is 137 Å². The van der Waals surface area contributed by atoms with Crippen LogP contribution in [0.5, 0.6) is 0 Å². The van der Waals surface area contributed by atoms with Crippen molar-refractivity contribution in [3.8, 4) is 0 Å². The van der Waals surface area contributed by atoms with Crippen LogP contribution in [0, 0.1) is 0 Å². The van der Waals surface area contributed by atoms with Gasteiger partial charge in [-0.3, -0.25) is 0 Å². The summed E-state index contributed by atoms with van der Waals surface area (Å²) >= 11 is -3.63. The first-order valence-corrected chi connectivity index (χ1v) is 11.1. The van der Waals surface area contributed by atoms with Crippen molar-refractivity contribution in [2.75, 3.05) is 19.8 Å². The third-order valence-electron chi connectivity index (χ3n) is 2.76. The molecule has 0 unspecified atom stereocenters. The minimum absolute atomic E-state index is 0.315. The second-order valence-corrected chi connectivity index (χ2v) is 9.55. The molecule has 0 aromatic heterocycles. The molecule has 0 heterocycles. The summed E-state index contributed by atoms with van der Waals surface area (Å²) in [6.07, 6.45) is 6.31. The first kappa shape index (κ1) is 21.6. The molecule has 0 atom stereocenters.